The molecule has 0 spiro atoms. The third-order valence-electron chi connectivity index (χ3n) is 7.74. The number of benzene rings is 1. The molecule has 0 saturated carbocycles. The monoisotopic (exact) mass is 610 g/mol. The predicted octanol–water partition coefficient (Wildman–Crippen LogP) is 5.84. The number of carbonyl (C=O) groups excluding carboxylic acids is 1. The summed E-state index contributed by atoms with van der Waals surface area (Å²) in [6, 6.07) is 15.3. The first-order valence-corrected chi connectivity index (χ1v) is 15.1. The number of aromatic nitrogens is 4. The molecule has 5 heterocycles. The molecule has 0 aliphatic carbocycles. The fourth-order valence-electron chi connectivity index (χ4n) is 5.28. The molecule has 4 aromatic rings. The third kappa shape index (κ3) is 7.13. The Hall–Kier alpha value is -4.82. The van der Waals surface area contributed by atoms with E-state index in [1.165, 1.54) is 11.6 Å². The highest BCUT2D eigenvalue weighted by Crippen LogP contribution is 2.27. The van der Waals surface area contributed by atoms with Crippen molar-refractivity contribution in [2.45, 2.75) is 64.9 Å². The number of anilines is 1. The van der Waals surface area contributed by atoms with Crippen LogP contribution in [0, 0.1) is 17.1 Å². The Balaban J connectivity index is 1.15. The van der Waals surface area contributed by atoms with Crippen molar-refractivity contribution in [3.63, 3.8) is 0 Å². The SMILES string of the molecule is CC(C)(C)OC(=O)c1ccc2nc(C=C3CCN(c4cccc(OCc5ccc(C#N)cc5F)n4)CC3)n(C[C@@H]3CCO3)c2n1. The summed E-state index contributed by atoms with van der Waals surface area (Å²) in [4.78, 5) is 29.1. The molecule has 2 aliphatic heterocycles. The van der Waals surface area contributed by atoms with Gasteiger partial charge in [-0.05, 0) is 76.4 Å². The van der Waals surface area contributed by atoms with Crippen molar-refractivity contribution in [1.82, 2.24) is 19.5 Å². The molecule has 45 heavy (non-hydrogen) atoms. The van der Waals surface area contributed by atoms with Gasteiger partial charge in [-0.25, -0.2) is 19.2 Å². The fourth-order valence-corrected chi connectivity index (χ4v) is 5.28. The highest BCUT2D eigenvalue weighted by atomic mass is 19.1. The lowest BCUT2D eigenvalue weighted by Crippen LogP contribution is -2.32. The number of ether oxygens (including phenoxy) is 3. The van der Waals surface area contributed by atoms with Crippen LogP contribution in [0.4, 0.5) is 10.2 Å². The topological polar surface area (TPSA) is 115 Å². The number of rotatable bonds is 8. The molecule has 2 saturated heterocycles. The number of carbonyl (C=O) groups is 1. The van der Waals surface area contributed by atoms with Crippen LogP contribution in [0.5, 0.6) is 5.88 Å². The quantitative estimate of drug-likeness (QED) is 0.227. The fraction of sp³-hybridized carbons (Fsp3) is 0.382. The second-order valence-corrected chi connectivity index (χ2v) is 12.2. The van der Waals surface area contributed by atoms with E-state index in [4.69, 9.17) is 24.5 Å². The summed E-state index contributed by atoms with van der Waals surface area (Å²) in [5.41, 5.74) is 2.87. The van der Waals surface area contributed by atoms with E-state index < -0.39 is 17.4 Å². The molecular weight excluding hydrogens is 575 g/mol. The van der Waals surface area contributed by atoms with Gasteiger partial charge in [0.15, 0.2) is 11.3 Å². The molecule has 0 N–H and O–H groups in total. The lowest BCUT2D eigenvalue weighted by Gasteiger charge is -2.30. The van der Waals surface area contributed by atoms with Gasteiger partial charge in [-0.3, -0.25) is 0 Å². The summed E-state index contributed by atoms with van der Waals surface area (Å²) in [6.07, 6.45) is 4.83. The number of imidazole rings is 1. The Morgan fingerprint density at radius 3 is 2.62 bits per heavy atom. The highest BCUT2D eigenvalue weighted by molar-refractivity contribution is 5.90. The number of esters is 1. The smallest absolute Gasteiger partial charge is 0.357 e. The summed E-state index contributed by atoms with van der Waals surface area (Å²) >= 11 is 0. The minimum absolute atomic E-state index is 0.0158. The number of piperidine rings is 1. The Bertz CT molecular complexity index is 1790. The van der Waals surface area contributed by atoms with Crippen LogP contribution in [0.3, 0.4) is 0 Å². The molecule has 2 aliphatic rings. The van der Waals surface area contributed by atoms with Crippen LogP contribution in [0.25, 0.3) is 17.2 Å². The molecule has 2 fully saturated rings. The molecule has 1 aromatic carbocycles. The van der Waals surface area contributed by atoms with Gasteiger partial charge in [0.05, 0.1) is 24.3 Å². The zero-order chi connectivity index (χ0) is 31.6. The molecular formula is C34H35FN6O4. The van der Waals surface area contributed by atoms with E-state index in [1.807, 2.05) is 49.6 Å². The van der Waals surface area contributed by atoms with Crippen molar-refractivity contribution < 1.29 is 23.4 Å². The maximum Gasteiger partial charge on any atom is 0.357 e. The first-order valence-electron chi connectivity index (χ1n) is 15.1. The number of nitriles is 1. The van der Waals surface area contributed by atoms with Crippen LogP contribution in [0.1, 0.15) is 67.5 Å². The molecule has 0 amide bonds. The minimum atomic E-state index is -0.617. The molecule has 11 heteroatoms. The summed E-state index contributed by atoms with van der Waals surface area (Å²) in [6.45, 7) is 8.39. The molecule has 3 aromatic heterocycles. The maximum atomic E-state index is 14.3. The normalized spacial score (nSPS) is 16.6. The Morgan fingerprint density at radius 2 is 1.93 bits per heavy atom. The summed E-state index contributed by atoms with van der Waals surface area (Å²) in [7, 11) is 0. The predicted molar refractivity (Wildman–Crippen MR) is 166 cm³/mol. The van der Waals surface area contributed by atoms with E-state index in [-0.39, 0.29) is 24.0 Å². The van der Waals surface area contributed by atoms with Crippen LogP contribution >= 0.6 is 0 Å². The number of nitrogens with zero attached hydrogens (tertiary/aromatic N) is 6. The number of hydrogen-bond donors (Lipinski definition) is 0. The van der Waals surface area contributed by atoms with Crippen LogP contribution in [-0.4, -0.2) is 56.9 Å². The van der Waals surface area contributed by atoms with Crippen LogP contribution in [0.2, 0.25) is 0 Å². The lowest BCUT2D eigenvalue weighted by molar-refractivity contribution is -0.0588. The Morgan fingerprint density at radius 1 is 1.13 bits per heavy atom. The largest absolute Gasteiger partial charge is 0.473 e. The molecule has 0 unspecified atom stereocenters. The Labute approximate surface area is 261 Å². The van der Waals surface area contributed by atoms with Crippen molar-refractivity contribution >= 4 is 29.0 Å². The summed E-state index contributed by atoms with van der Waals surface area (Å²) < 4.78 is 33.4. The number of fused-ring (bicyclic) bond motifs is 1. The van der Waals surface area contributed by atoms with Gasteiger partial charge in [0.2, 0.25) is 5.88 Å². The average Bonchev–Trinajstić information content (AvgIpc) is 3.33. The van der Waals surface area contributed by atoms with Crippen LogP contribution < -0.4 is 9.64 Å². The van der Waals surface area contributed by atoms with Crippen LogP contribution in [0.15, 0.2) is 54.1 Å². The average molecular weight is 611 g/mol. The Kier molecular flexibility index (Phi) is 8.50. The number of halogens is 1. The molecule has 1 atom stereocenters. The zero-order valence-electron chi connectivity index (χ0n) is 25.6. The van der Waals surface area contributed by atoms with Gasteiger partial charge >= 0.3 is 5.97 Å². The second-order valence-electron chi connectivity index (χ2n) is 12.2. The van der Waals surface area contributed by atoms with Crippen molar-refractivity contribution in [1.29, 1.82) is 5.26 Å². The molecule has 232 valence electrons. The van der Waals surface area contributed by atoms with Gasteiger partial charge < -0.3 is 23.7 Å². The minimum Gasteiger partial charge on any atom is -0.473 e. The van der Waals surface area contributed by atoms with Gasteiger partial charge in [0.1, 0.15) is 35.2 Å². The van der Waals surface area contributed by atoms with E-state index in [0.717, 1.165) is 50.6 Å². The van der Waals surface area contributed by atoms with Gasteiger partial charge in [-0.2, -0.15) is 10.2 Å². The highest BCUT2D eigenvalue weighted by Gasteiger charge is 2.25. The zero-order valence-corrected chi connectivity index (χ0v) is 25.6. The van der Waals surface area contributed by atoms with E-state index in [1.54, 1.807) is 24.3 Å². The first kappa shape index (κ1) is 30.2. The van der Waals surface area contributed by atoms with E-state index >= 15 is 0 Å². The molecule has 6 rings (SSSR count). The maximum absolute atomic E-state index is 14.3. The molecule has 10 nitrogen and oxygen atoms in total. The van der Waals surface area contributed by atoms with Gasteiger partial charge in [0.25, 0.3) is 0 Å². The molecule has 0 bridgehead atoms. The van der Waals surface area contributed by atoms with Crippen LogP contribution in [-0.2, 0) is 22.6 Å². The van der Waals surface area contributed by atoms with Gasteiger partial charge in [-0.1, -0.05) is 17.7 Å². The third-order valence-corrected chi connectivity index (χ3v) is 7.74. The first-order chi connectivity index (χ1) is 21.6. The summed E-state index contributed by atoms with van der Waals surface area (Å²) in [5, 5.41) is 8.95. The van der Waals surface area contributed by atoms with E-state index in [0.29, 0.717) is 29.2 Å². The van der Waals surface area contributed by atoms with E-state index in [2.05, 4.69) is 20.9 Å². The van der Waals surface area contributed by atoms with Crippen molar-refractivity contribution in [3.05, 3.63) is 82.6 Å². The van der Waals surface area contributed by atoms with Gasteiger partial charge in [-0.15, -0.1) is 0 Å². The standard InChI is InChI=1S/C34H35FN6O4/c1-34(2,3)45-33(42)28-10-9-27-32(38-28)41(20-25-13-16-43-25)30(37-27)18-22-11-14-40(15-12-22)29-5-4-6-31(39-29)44-21-24-8-7-23(19-36)17-26(24)35/h4-10,17-18,25H,11-16,20-21H2,1-3H3/t25-/m0/s1. The second kappa shape index (κ2) is 12.7. The van der Waals surface area contributed by atoms with Crippen molar-refractivity contribution in [2.24, 2.45) is 0 Å². The number of hydrogen-bond acceptors (Lipinski definition) is 9. The lowest BCUT2D eigenvalue weighted by atomic mass is 10.0. The summed E-state index contributed by atoms with van der Waals surface area (Å²) in [5.74, 6) is 1.05. The van der Waals surface area contributed by atoms with E-state index in [9.17, 15) is 9.18 Å². The molecule has 0 radical (unpaired) electrons. The van der Waals surface area contributed by atoms with Gasteiger partial charge in [0, 0.05) is 31.3 Å². The number of pyridine rings is 2. The van der Waals surface area contributed by atoms with Crippen molar-refractivity contribution in [3.8, 4) is 11.9 Å². The van der Waals surface area contributed by atoms with Crippen molar-refractivity contribution in [2.75, 3.05) is 24.6 Å².